The average Bonchev–Trinajstić information content (AvgIpc) is 2.41. The lowest BCUT2D eigenvalue weighted by Crippen LogP contribution is -2.27. The van der Waals surface area contributed by atoms with Crippen LogP contribution in [0.25, 0.3) is 0 Å². The minimum atomic E-state index is 0.435. The Morgan fingerprint density at radius 1 is 1.22 bits per heavy atom. The first-order chi connectivity index (χ1) is 8.72. The van der Waals surface area contributed by atoms with E-state index in [9.17, 15) is 0 Å². The summed E-state index contributed by atoms with van der Waals surface area (Å²) in [5, 5.41) is 0. The first-order valence-electron chi connectivity index (χ1n) is 7.14. The molecule has 0 heterocycles. The van der Waals surface area contributed by atoms with Gasteiger partial charge in [-0.05, 0) is 61.6 Å². The number of hydrogen-bond donors (Lipinski definition) is 1. The number of nitrogens with two attached hydrogens (primary N) is 1. The van der Waals surface area contributed by atoms with Crippen LogP contribution < -0.4 is 10.5 Å². The van der Waals surface area contributed by atoms with Crippen molar-refractivity contribution in [2.75, 3.05) is 7.11 Å². The second kappa shape index (κ2) is 6.24. The van der Waals surface area contributed by atoms with E-state index in [2.05, 4.69) is 25.1 Å². The second-order valence-electron chi connectivity index (χ2n) is 5.48. The lowest BCUT2D eigenvalue weighted by atomic mass is 9.82. The summed E-state index contributed by atoms with van der Waals surface area (Å²) < 4.78 is 5.48. The Balaban J connectivity index is 2.07. The molecular formula is C16H25NO. The van der Waals surface area contributed by atoms with Crippen molar-refractivity contribution < 1.29 is 4.74 Å². The molecular weight excluding hydrogens is 222 g/mol. The molecule has 0 atom stereocenters. The highest BCUT2D eigenvalue weighted by Crippen LogP contribution is 2.30. The molecule has 1 fully saturated rings. The molecule has 100 valence electrons. The van der Waals surface area contributed by atoms with Crippen molar-refractivity contribution in [2.45, 2.75) is 51.5 Å². The zero-order valence-corrected chi connectivity index (χ0v) is 11.6. The van der Waals surface area contributed by atoms with Gasteiger partial charge in [-0.2, -0.15) is 0 Å². The Bertz CT molecular complexity index is 381. The van der Waals surface area contributed by atoms with Crippen LogP contribution in [-0.4, -0.2) is 13.2 Å². The molecule has 1 aliphatic carbocycles. The van der Waals surface area contributed by atoms with Gasteiger partial charge in [0.1, 0.15) is 5.75 Å². The van der Waals surface area contributed by atoms with Crippen molar-refractivity contribution >= 4 is 0 Å². The zero-order chi connectivity index (χ0) is 13.0. The molecule has 0 radical (unpaired) electrons. The molecule has 2 N–H and O–H groups in total. The molecule has 0 amide bonds. The summed E-state index contributed by atoms with van der Waals surface area (Å²) in [7, 11) is 1.77. The number of hydrogen-bond acceptors (Lipinski definition) is 2. The molecule has 1 saturated carbocycles. The molecule has 2 heteroatoms. The third-order valence-corrected chi connectivity index (χ3v) is 4.15. The first-order valence-corrected chi connectivity index (χ1v) is 7.14. The summed E-state index contributed by atoms with van der Waals surface area (Å²) in [6.07, 6.45) is 7.12. The topological polar surface area (TPSA) is 35.2 Å². The van der Waals surface area contributed by atoms with E-state index in [1.165, 1.54) is 36.8 Å². The van der Waals surface area contributed by atoms with Crippen LogP contribution in [0.3, 0.4) is 0 Å². The maximum Gasteiger partial charge on any atom is 0.122 e. The monoisotopic (exact) mass is 247 g/mol. The molecule has 2 rings (SSSR count). The molecule has 1 aromatic rings. The molecule has 18 heavy (non-hydrogen) atoms. The van der Waals surface area contributed by atoms with Crippen molar-refractivity contribution in [3.63, 3.8) is 0 Å². The fourth-order valence-corrected chi connectivity index (χ4v) is 2.91. The van der Waals surface area contributed by atoms with Gasteiger partial charge in [0.15, 0.2) is 0 Å². The Morgan fingerprint density at radius 3 is 2.56 bits per heavy atom. The van der Waals surface area contributed by atoms with Crippen LogP contribution in [0.4, 0.5) is 0 Å². The van der Waals surface area contributed by atoms with Crippen molar-refractivity contribution in [1.29, 1.82) is 0 Å². The summed E-state index contributed by atoms with van der Waals surface area (Å²) in [5.41, 5.74) is 8.74. The maximum atomic E-state index is 5.97. The van der Waals surface area contributed by atoms with Gasteiger partial charge in [-0.25, -0.2) is 0 Å². The molecule has 0 spiro atoms. The van der Waals surface area contributed by atoms with Crippen molar-refractivity contribution in [1.82, 2.24) is 0 Å². The smallest absolute Gasteiger partial charge is 0.122 e. The van der Waals surface area contributed by atoms with Crippen LogP contribution in [-0.2, 0) is 12.8 Å². The van der Waals surface area contributed by atoms with Crippen LogP contribution >= 0.6 is 0 Å². The van der Waals surface area contributed by atoms with Gasteiger partial charge < -0.3 is 10.5 Å². The normalized spacial score (nSPS) is 23.9. The Hall–Kier alpha value is -1.02. The van der Waals surface area contributed by atoms with Crippen molar-refractivity contribution in [2.24, 2.45) is 11.7 Å². The Kier molecular flexibility index (Phi) is 4.65. The van der Waals surface area contributed by atoms with Crippen molar-refractivity contribution in [3.8, 4) is 5.75 Å². The minimum Gasteiger partial charge on any atom is -0.496 e. The van der Waals surface area contributed by atoms with Crippen LogP contribution in [0.15, 0.2) is 18.2 Å². The molecule has 1 aromatic carbocycles. The van der Waals surface area contributed by atoms with Gasteiger partial charge in [-0.15, -0.1) is 0 Å². The predicted molar refractivity (Wildman–Crippen MR) is 76.0 cm³/mol. The van der Waals surface area contributed by atoms with Gasteiger partial charge in [0.2, 0.25) is 0 Å². The van der Waals surface area contributed by atoms with E-state index < -0.39 is 0 Å². The summed E-state index contributed by atoms with van der Waals surface area (Å²) in [6.45, 7) is 2.20. The van der Waals surface area contributed by atoms with Crippen LogP contribution in [0, 0.1) is 5.92 Å². The molecule has 2 nitrogen and oxygen atoms in total. The molecule has 1 aliphatic rings. The zero-order valence-electron chi connectivity index (χ0n) is 11.6. The van der Waals surface area contributed by atoms with Crippen LogP contribution in [0.5, 0.6) is 5.75 Å². The number of ether oxygens (including phenoxy) is 1. The highest BCUT2D eigenvalue weighted by molar-refractivity contribution is 5.37. The molecule has 0 bridgehead atoms. The molecule has 0 unspecified atom stereocenters. The fraction of sp³-hybridized carbons (Fsp3) is 0.625. The van der Waals surface area contributed by atoms with E-state index in [0.29, 0.717) is 6.04 Å². The highest BCUT2D eigenvalue weighted by atomic mass is 16.5. The number of rotatable bonds is 4. The first kappa shape index (κ1) is 13.4. The highest BCUT2D eigenvalue weighted by Gasteiger charge is 2.20. The predicted octanol–water partition coefficient (Wildman–Crippen LogP) is 3.32. The minimum absolute atomic E-state index is 0.435. The molecule has 0 aromatic heterocycles. The van der Waals surface area contributed by atoms with E-state index in [1.54, 1.807) is 7.11 Å². The van der Waals surface area contributed by atoms with E-state index in [-0.39, 0.29) is 0 Å². The Morgan fingerprint density at radius 2 is 1.94 bits per heavy atom. The summed E-state index contributed by atoms with van der Waals surface area (Å²) in [6, 6.07) is 7.03. The van der Waals surface area contributed by atoms with Gasteiger partial charge in [0.05, 0.1) is 7.11 Å². The second-order valence-corrected chi connectivity index (χ2v) is 5.48. The van der Waals surface area contributed by atoms with E-state index in [1.807, 2.05) is 0 Å². The standard InChI is InChI=1S/C16H25NO/c1-3-12-6-9-16(18-2)14(10-12)11-13-4-7-15(17)8-5-13/h6,9-10,13,15H,3-5,7-8,11,17H2,1-2H3. The van der Waals surface area contributed by atoms with Gasteiger partial charge in [0, 0.05) is 6.04 Å². The van der Waals surface area contributed by atoms with E-state index in [0.717, 1.165) is 24.5 Å². The fourth-order valence-electron chi connectivity index (χ4n) is 2.91. The number of methoxy groups -OCH3 is 1. The quantitative estimate of drug-likeness (QED) is 0.886. The molecule has 0 saturated heterocycles. The van der Waals surface area contributed by atoms with Gasteiger partial charge in [0.25, 0.3) is 0 Å². The van der Waals surface area contributed by atoms with E-state index >= 15 is 0 Å². The van der Waals surface area contributed by atoms with Crippen LogP contribution in [0.1, 0.15) is 43.7 Å². The number of benzene rings is 1. The van der Waals surface area contributed by atoms with Crippen molar-refractivity contribution in [3.05, 3.63) is 29.3 Å². The van der Waals surface area contributed by atoms with E-state index in [4.69, 9.17) is 10.5 Å². The van der Waals surface area contributed by atoms with Crippen LogP contribution in [0.2, 0.25) is 0 Å². The SMILES string of the molecule is CCc1ccc(OC)c(CC2CCC(N)CC2)c1. The lowest BCUT2D eigenvalue weighted by molar-refractivity contribution is 0.320. The molecule has 0 aliphatic heterocycles. The summed E-state index contributed by atoms with van der Waals surface area (Å²) in [4.78, 5) is 0. The maximum absolute atomic E-state index is 5.97. The van der Waals surface area contributed by atoms with Gasteiger partial charge in [-0.3, -0.25) is 0 Å². The third-order valence-electron chi connectivity index (χ3n) is 4.15. The summed E-state index contributed by atoms with van der Waals surface area (Å²) in [5.74, 6) is 1.83. The average molecular weight is 247 g/mol. The summed E-state index contributed by atoms with van der Waals surface area (Å²) >= 11 is 0. The third kappa shape index (κ3) is 3.26. The number of aryl methyl sites for hydroxylation is 1. The largest absolute Gasteiger partial charge is 0.496 e. The van der Waals surface area contributed by atoms with Gasteiger partial charge >= 0.3 is 0 Å². The lowest BCUT2D eigenvalue weighted by Gasteiger charge is -2.26. The Labute approximate surface area is 111 Å². The van der Waals surface area contributed by atoms with Gasteiger partial charge in [-0.1, -0.05) is 19.1 Å².